The molecule has 2 N–H and O–H groups in total. The molecule has 1 fully saturated rings. The van der Waals surface area contributed by atoms with E-state index in [4.69, 9.17) is 25.6 Å². The zero-order chi connectivity index (χ0) is 20.3. The topological polar surface area (TPSA) is 93.8 Å². The number of nitrogens with zero attached hydrogens (tertiary/aromatic N) is 3. The Labute approximate surface area is 199 Å². The molecule has 1 saturated heterocycles. The molecule has 0 spiro atoms. The second-order valence-electron chi connectivity index (χ2n) is 6.76. The first kappa shape index (κ1) is 24.8. The molecule has 1 aliphatic heterocycles. The van der Waals surface area contributed by atoms with Gasteiger partial charge in [0.25, 0.3) is 0 Å². The van der Waals surface area contributed by atoms with Crippen LogP contribution in [0.25, 0.3) is 11.4 Å². The number of ether oxygens (including phenoxy) is 2. The summed E-state index contributed by atoms with van der Waals surface area (Å²) in [7, 11) is 1.74. The average Bonchev–Trinajstić information content (AvgIpc) is 3.42. The molecule has 1 atom stereocenters. The van der Waals surface area contributed by atoms with Crippen LogP contribution in [-0.4, -0.2) is 62.2 Å². The largest absolute Gasteiger partial charge is 0.379 e. The predicted octanol–water partition coefficient (Wildman–Crippen LogP) is 3.30. The van der Waals surface area contributed by atoms with E-state index in [1.54, 1.807) is 19.2 Å². The summed E-state index contributed by atoms with van der Waals surface area (Å²) < 4.78 is 16.5. The van der Waals surface area contributed by atoms with Crippen LogP contribution >= 0.6 is 35.6 Å². The van der Waals surface area contributed by atoms with Crippen LogP contribution in [0.3, 0.4) is 0 Å². The van der Waals surface area contributed by atoms with Gasteiger partial charge in [-0.15, -0.1) is 24.0 Å². The lowest BCUT2D eigenvalue weighted by atomic mass is 10.2. The number of aliphatic imine (C=N–C) groups is 1. The van der Waals surface area contributed by atoms with E-state index in [2.05, 4.69) is 25.8 Å². The number of benzene rings is 1. The molecule has 2 aromatic rings. The van der Waals surface area contributed by atoms with Crippen LogP contribution in [0.5, 0.6) is 0 Å². The van der Waals surface area contributed by atoms with Crippen molar-refractivity contribution in [1.29, 1.82) is 0 Å². The molecule has 1 aromatic carbocycles. The molecule has 0 bridgehead atoms. The van der Waals surface area contributed by atoms with Gasteiger partial charge >= 0.3 is 0 Å². The summed E-state index contributed by atoms with van der Waals surface area (Å²) in [6, 6.07) is 7.34. The maximum Gasteiger partial charge on any atom is 0.228 e. The highest BCUT2D eigenvalue weighted by Crippen LogP contribution is 2.18. The fourth-order valence-electron chi connectivity index (χ4n) is 2.95. The van der Waals surface area contributed by atoms with Crippen molar-refractivity contribution in [2.75, 3.05) is 40.0 Å². The Morgan fingerprint density at radius 2 is 2.07 bits per heavy atom. The van der Waals surface area contributed by atoms with E-state index >= 15 is 0 Å². The van der Waals surface area contributed by atoms with Crippen molar-refractivity contribution in [2.24, 2.45) is 4.99 Å². The molecule has 30 heavy (non-hydrogen) atoms. The van der Waals surface area contributed by atoms with E-state index in [-0.39, 0.29) is 30.1 Å². The molecule has 2 heterocycles. The molecular formula is C20H29ClIN5O3. The second-order valence-corrected chi connectivity index (χ2v) is 7.19. The third-order valence-electron chi connectivity index (χ3n) is 4.51. The normalized spacial score (nSPS) is 16.3. The molecule has 0 radical (unpaired) electrons. The summed E-state index contributed by atoms with van der Waals surface area (Å²) >= 11 is 5.90. The van der Waals surface area contributed by atoms with Crippen molar-refractivity contribution in [2.45, 2.75) is 31.8 Å². The first-order valence-electron chi connectivity index (χ1n) is 9.97. The number of hydrogen-bond acceptors (Lipinski definition) is 6. The fraction of sp³-hybridized carbons (Fsp3) is 0.550. The lowest BCUT2D eigenvalue weighted by molar-refractivity contribution is 0.0168. The van der Waals surface area contributed by atoms with Crippen LogP contribution in [0, 0.1) is 0 Å². The Hall–Kier alpha value is -1.43. The third-order valence-corrected chi connectivity index (χ3v) is 4.76. The first-order chi connectivity index (χ1) is 14.2. The predicted molar refractivity (Wildman–Crippen MR) is 128 cm³/mol. The molecule has 0 saturated carbocycles. The van der Waals surface area contributed by atoms with Gasteiger partial charge in [0, 0.05) is 50.4 Å². The molecule has 166 valence electrons. The van der Waals surface area contributed by atoms with E-state index in [1.165, 1.54) is 0 Å². The number of halogens is 2. The Kier molecular flexibility index (Phi) is 11.4. The van der Waals surface area contributed by atoms with Gasteiger partial charge in [-0.05, 0) is 43.5 Å². The summed E-state index contributed by atoms with van der Waals surface area (Å²) in [6.07, 6.45) is 4.04. The summed E-state index contributed by atoms with van der Waals surface area (Å²) in [5.74, 6) is 1.86. The molecule has 0 amide bonds. The summed E-state index contributed by atoms with van der Waals surface area (Å²) in [6.45, 7) is 3.68. The molecule has 1 aliphatic rings. The van der Waals surface area contributed by atoms with E-state index in [0.717, 1.165) is 43.9 Å². The van der Waals surface area contributed by atoms with Gasteiger partial charge in [0.15, 0.2) is 5.96 Å². The second kappa shape index (κ2) is 13.8. The SMILES string of the molecule is CN=C(NCCCOCC1CCCO1)NCCc1nc(-c2ccc(Cl)cc2)no1.I. The Morgan fingerprint density at radius 1 is 1.27 bits per heavy atom. The maximum absolute atomic E-state index is 5.90. The Bertz CT molecular complexity index is 766. The monoisotopic (exact) mass is 549 g/mol. The van der Waals surface area contributed by atoms with Crippen LogP contribution in [0.15, 0.2) is 33.8 Å². The minimum Gasteiger partial charge on any atom is -0.379 e. The maximum atomic E-state index is 5.90. The Balaban J connectivity index is 0.00000320. The van der Waals surface area contributed by atoms with E-state index in [1.807, 2.05) is 12.1 Å². The van der Waals surface area contributed by atoms with Crippen molar-refractivity contribution < 1.29 is 14.0 Å². The summed E-state index contributed by atoms with van der Waals surface area (Å²) in [5.41, 5.74) is 0.872. The zero-order valence-electron chi connectivity index (χ0n) is 17.1. The third kappa shape index (κ3) is 8.37. The first-order valence-corrected chi connectivity index (χ1v) is 10.3. The molecule has 10 heteroatoms. The van der Waals surface area contributed by atoms with Gasteiger partial charge in [-0.3, -0.25) is 4.99 Å². The molecule has 1 unspecified atom stereocenters. The number of aromatic nitrogens is 2. The fourth-order valence-corrected chi connectivity index (χ4v) is 3.08. The number of rotatable bonds is 10. The lowest BCUT2D eigenvalue weighted by Gasteiger charge is -2.12. The summed E-state index contributed by atoms with van der Waals surface area (Å²) in [4.78, 5) is 8.63. The van der Waals surface area contributed by atoms with Crippen LogP contribution < -0.4 is 10.6 Å². The minimum atomic E-state index is 0. The number of nitrogens with one attached hydrogen (secondary N) is 2. The lowest BCUT2D eigenvalue weighted by Crippen LogP contribution is -2.39. The van der Waals surface area contributed by atoms with Gasteiger partial charge in [0.05, 0.1) is 12.7 Å². The van der Waals surface area contributed by atoms with Crippen LogP contribution in [0.2, 0.25) is 5.02 Å². The van der Waals surface area contributed by atoms with E-state index < -0.39 is 0 Å². The van der Waals surface area contributed by atoms with Gasteiger partial charge in [-0.2, -0.15) is 4.98 Å². The van der Waals surface area contributed by atoms with Gasteiger partial charge in [-0.1, -0.05) is 16.8 Å². The number of hydrogen-bond donors (Lipinski definition) is 2. The van der Waals surface area contributed by atoms with Gasteiger partial charge in [0.1, 0.15) is 0 Å². The molecule has 0 aliphatic carbocycles. The quantitative estimate of drug-likeness (QED) is 0.203. The van der Waals surface area contributed by atoms with Crippen molar-refractivity contribution >= 4 is 41.5 Å². The Morgan fingerprint density at radius 3 is 2.80 bits per heavy atom. The zero-order valence-corrected chi connectivity index (χ0v) is 20.2. The highest BCUT2D eigenvalue weighted by atomic mass is 127. The molecule has 8 nitrogen and oxygen atoms in total. The number of guanidine groups is 1. The standard InChI is InChI=1S/C20H28ClN5O3.HI/c1-22-20(23-10-3-12-27-14-17-4-2-13-28-17)24-11-9-18-25-19(26-29-18)15-5-7-16(21)8-6-15;/h5-8,17H,2-4,9-14H2,1H3,(H2,22,23,24);1H. The average molecular weight is 550 g/mol. The van der Waals surface area contributed by atoms with Crippen LogP contribution in [-0.2, 0) is 15.9 Å². The molecular weight excluding hydrogens is 521 g/mol. The van der Waals surface area contributed by atoms with Crippen LogP contribution in [0.4, 0.5) is 0 Å². The highest BCUT2D eigenvalue weighted by molar-refractivity contribution is 14.0. The van der Waals surface area contributed by atoms with Gasteiger partial charge in [0.2, 0.25) is 11.7 Å². The van der Waals surface area contributed by atoms with Gasteiger partial charge < -0.3 is 24.6 Å². The highest BCUT2D eigenvalue weighted by Gasteiger charge is 2.15. The minimum absolute atomic E-state index is 0. The van der Waals surface area contributed by atoms with E-state index in [9.17, 15) is 0 Å². The van der Waals surface area contributed by atoms with Crippen molar-refractivity contribution in [3.8, 4) is 11.4 Å². The van der Waals surface area contributed by atoms with Crippen molar-refractivity contribution in [1.82, 2.24) is 20.8 Å². The van der Waals surface area contributed by atoms with Crippen molar-refractivity contribution in [3.05, 3.63) is 35.2 Å². The molecule has 1 aromatic heterocycles. The van der Waals surface area contributed by atoms with Crippen LogP contribution in [0.1, 0.15) is 25.2 Å². The molecule has 3 rings (SSSR count). The smallest absolute Gasteiger partial charge is 0.228 e. The van der Waals surface area contributed by atoms with Crippen molar-refractivity contribution in [3.63, 3.8) is 0 Å². The summed E-state index contributed by atoms with van der Waals surface area (Å²) in [5, 5.41) is 11.2. The van der Waals surface area contributed by atoms with E-state index in [0.29, 0.717) is 42.9 Å². The van der Waals surface area contributed by atoms with Gasteiger partial charge in [-0.25, -0.2) is 0 Å².